The van der Waals surface area contributed by atoms with Crippen LogP contribution in [0.4, 0.5) is 5.82 Å². The molecule has 0 saturated heterocycles. The Kier molecular flexibility index (Phi) is 3.28. The van der Waals surface area contributed by atoms with Gasteiger partial charge in [-0.15, -0.1) is 0 Å². The van der Waals surface area contributed by atoms with Crippen molar-refractivity contribution in [2.45, 2.75) is 13.5 Å². The van der Waals surface area contributed by atoms with Gasteiger partial charge in [-0.3, -0.25) is 0 Å². The Morgan fingerprint density at radius 1 is 1.20 bits per heavy atom. The molecule has 104 valence electrons. The molecule has 0 saturated carbocycles. The molecule has 0 aliphatic carbocycles. The predicted octanol–water partition coefficient (Wildman–Crippen LogP) is 2.13. The molecule has 0 fully saturated rings. The summed E-state index contributed by atoms with van der Waals surface area (Å²) in [7, 11) is 1.82. The summed E-state index contributed by atoms with van der Waals surface area (Å²) < 4.78 is 16.2. The number of hydrogen-bond donors (Lipinski definition) is 1. The van der Waals surface area contributed by atoms with E-state index >= 15 is 0 Å². The second-order valence-electron chi connectivity index (χ2n) is 4.36. The molecule has 0 radical (unpaired) electrons. The quantitative estimate of drug-likeness (QED) is 0.920. The van der Waals surface area contributed by atoms with Crippen molar-refractivity contribution in [1.29, 1.82) is 0 Å². The Bertz CT molecular complexity index is 631. The number of benzene rings is 1. The third-order valence-electron chi connectivity index (χ3n) is 2.87. The molecule has 1 aliphatic rings. The lowest BCUT2D eigenvalue weighted by molar-refractivity contribution is 0.173. The fraction of sp³-hybridized carbons (Fsp3) is 0.286. The minimum Gasteiger partial charge on any atom is -0.485 e. The monoisotopic (exact) mass is 273 g/mol. The second kappa shape index (κ2) is 5.24. The molecule has 6 nitrogen and oxygen atoms in total. The van der Waals surface area contributed by atoms with Crippen LogP contribution in [0.2, 0.25) is 0 Å². The average molecular weight is 273 g/mol. The lowest BCUT2D eigenvalue weighted by atomic mass is 10.3. The Balaban J connectivity index is 1.71. The standard InChI is InChI=1S/C14H15N3O3/c1-9-5-13(15-2)17-14(16-9)7-18-10-3-4-11-12(6-10)20-8-19-11/h3-6H,7-8H2,1-2H3,(H,15,16,17). The summed E-state index contributed by atoms with van der Waals surface area (Å²) in [6, 6.07) is 7.34. The van der Waals surface area contributed by atoms with Crippen molar-refractivity contribution in [2.75, 3.05) is 19.2 Å². The van der Waals surface area contributed by atoms with Crippen molar-refractivity contribution in [3.63, 3.8) is 0 Å². The fourth-order valence-electron chi connectivity index (χ4n) is 1.94. The Labute approximate surface area is 116 Å². The number of hydrogen-bond acceptors (Lipinski definition) is 6. The number of nitrogens with one attached hydrogen (secondary N) is 1. The average Bonchev–Trinajstić information content (AvgIpc) is 2.92. The van der Waals surface area contributed by atoms with Crippen LogP contribution in [0.3, 0.4) is 0 Å². The molecule has 1 aliphatic heterocycles. The summed E-state index contributed by atoms with van der Waals surface area (Å²) in [5.74, 6) is 3.55. The van der Waals surface area contributed by atoms with Crippen LogP contribution in [-0.2, 0) is 6.61 Å². The van der Waals surface area contributed by atoms with E-state index in [0.717, 1.165) is 17.3 Å². The molecule has 0 spiro atoms. The van der Waals surface area contributed by atoms with E-state index in [2.05, 4.69) is 15.3 Å². The first-order valence-corrected chi connectivity index (χ1v) is 6.29. The molecule has 0 amide bonds. The number of rotatable bonds is 4. The lowest BCUT2D eigenvalue weighted by Gasteiger charge is -2.08. The van der Waals surface area contributed by atoms with Crippen LogP contribution in [0.15, 0.2) is 24.3 Å². The molecule has 0 atom stereocenters. The molecular formula is C14H15N3O3. The number of aromatic nitrogens is 2. The van der Waals surface area contributed by atoms with Crippen LogP contribution < -0.4 is 19.5 Å². The van der Waals surface area contributed by atoms with Gasteiger partial charge in [0.15, 0.2) is 17.3 Å². The summed E-state index contributed by atoms with van der Waals surface area (Å²) in [6.07, 6.45) is 0. The SMILES string of the molecule is CNc1cc(C)nc(COc2ccc3c(c2)OCO3)n1. The van der Waals surface area contributed by atoms with Gasteiger partial charge in [0.1, 0.15) is 18.2 Å². The van der Waals surface area contributed by atoms with Gasteiger partial charge in [0.2, 0.25) is 6.79 Å². The van der Waals surface area contributed by atoms with Gasteiger partial charge >= 0.3 is 0 Å². The van der Waals surface area contributed by atoms with Gasteiger partial charge in [-0.05, 0) is 19.1 Å². The Hall–Kier alpha value is -2.50. The van der Waals surface area contributed by atoms with Gasteiger partial charge in [-0.25, -0.2) is 9.97 Å². The maximum absolute atomic E-state index is 5.68. The van der Waals surface area contributed by atoms with E-state index in [1.165, 1.54) is 0 Å². The van der Waals surface area contributed by atoms with Crippen molar-refractivity contribution in [3.05, 3.63) is 35.8 Å². The zero-order chi connectivity index (χ0) is 13.9. The number of fused-ring (bicyclic) bond motifs is 1. The highest BCUT2D eigenvalue weighted by atomic mass is 16.7. The van der Waals surface area contributed by atoms with Gasteiger partial charge in [0, 0.05) is 24.9 Å². The summed E-state index contributed by atoms with van der Waals surface area (Å²) in [4.78, 5) is 8.67. The number of nitrogens with zero attached hydrogens (tertiary/aromatic N) is 2. The van der Waals surface area contributed by atoms with Crippen molar-refractivity contribution in [2.24, 2.45) is 0 Å². The first-order valence-electron chi connectivity index (χ1n) is 6.29. The second-order valence-corrected chi connectivity index (χ2v) is 4.36. The number of anilines is 1. The van der Waals surface area contributed by atoms with Gasteiger partial charge < -0.3 is 19.5 Å². The molecular weight excluding hydrogens is 258 g/mol. The minimum atomic E-state index is 0.255. The van der Waals surface area contributed by atoms with Crippen molar-refractivity contribution < 1.29 is 14.2 Å². The topological polar surface area (TPSA) is 65.5 Å². The Morgan fingerprint density at radius 3 is 2.90 bits per heavy atom. The number of ether oxygens (including phenoxy) is 3. The molecule has 1 aromatic carbocycles. The van der Waals surface area contributed by atoms with Crippen molar-refractivity contribution >= 4 is 5.82 Å². The highest BCUT2D eigenvalue weighted by Gasteiger charge is 2.14. The fourth-order valence-corrected chi connectivity index (χ4v) is 1.94. The lowest BCUT2D eigenvalue weighted by Crippen LogP contribution is -2.05. The molecule has 0 bridgehead atoms. The summed E-state index contributed by atoms with van der Waals surface area (Å²) in [5, 5.41) is 3.00. The largest absolute Gasteiger partial charge is 0.485 e. The molecule has 1 N–H and O–H groups in total. The highest BCUT2D eigenvalue weighted by Crippen LogP contribution is 2.35. The number of aryl methyl sites for hydroxylation is 1. The van der Waals surface area contributed by atoms with E-state index in [1.54, 1.807) is 6.07 Å². The molecule has 3 rings (SSSR count). The van der Waals surface area contributed by atoms with E-state index < -0.39 is 0 Å². The Morgan fingerprint density at radius 2 is 2.05 bits per heavy atom. The van der Waals surface area contributed by atoms with E-state index in [0.29, 0.717) is 23.9 Å². The molecule has 1 aromatic heterocycles. The molecule has 2 heterocycles. The molecule has 20 heavy (non-hydrogen) atoms. The van der Waals surface area contributed by atoms with Crippen molar-refractivity contribution in [1.82, 2.24) is 9.97 Å². The summed E-state index contributed by atoms with van der Waals surface area (Å²) >= 11 is 0. The van der Waals surface area contributed by atoms with E-state index in [-0.39, 0.29) is 6.79 Å². The van der Waals surface area contributed by atoms with Crippen LogP contribution >= 0.6 is 0 Å². The van der Waals surface area contributed by atoms with Gasteiger partial charge in [0.05, 0.1) is 0 Å². The van der Waals surface area contributed by atoms with E-state index in [9.17, 15) is 0 Å². The van der Waals surface area contributed by atoms with Crippen LogP contribution in [0.1, 0.15) is 11.5 Å². The van der Waals surface area contributed by atoms with E-state index in [1.807, 2.05) is 32.2 Å². The van der Waals surface area contributed by atoms with Crippen LogP contribution in [0.25, 0.3) is 0 Å². The van der Waals surface area contributed by atoms with Crippen LogP contribution in [-0.4, -0.2) is 23.8 Å². The molecule has 6 heteroatoms. The summed E-state index contributed by atoms with van der Waals surface area (Å²) in [6.45, 7) is 2.48. The summed E-state index contributed by atoms with van der Waals surface area (Å²) in [5.41, 5.74) is 0.897. The van der Waals surface area contributed by atoms with Gasteiger partial charge in [0.25, 0.3) is 0 Å². The van der Waals surface area contributed by atoms with Gasteiger partial charge in [-0.1, -0.05) is 0 Å². The first kappa shape index (κ1) is 12.5. The van der Waals surface area contributed by atoms with Crippen molar-refractivity contribution in [3.8, 4) is 17.2 Å². The zero-order valence-corrected chi connectivity index (χ0v) is 11.3. The van der Waals surface area contributed by atoms with Crippen LogP contribution in [0, 0.1) is 6.92 Å². The maximum Gasteiger partial charge on any atom is 0.231 e. The third-order valence-corrected chi connectivity index (χ3v) is 2.87. The zero-order valence-electron chi connectivity index (χ0n) is 11.3. The van der Waals surface area contributed by atoms with Crippen LogP contribution in [0.5, 0.6) is 17.2 Å². The molecule has 2 aromatic rings. The smallest absolute Gasteiger partial charge is 0.231 e. The predicted molar refractivity (Wildman–Crippen MR) is 73.2 cm³/mol. The van der Waals surface area contributed by atoms with E-state index in [4.69, 9.17) is 14.2 Å². The van der Waals surface area contributed by atoms with Gasteiger partial charge in [-0.2, -0.15) is 0 Å². The molecule has 0 unspecified atom stereocenters. The third kappa shape index (κ3) is 2.59. The highest BCUT2D eigenvalue weighted by molar-refractivity contribution is 5.46. The normalized spacial score (nSPS) is 12.3. The minimum absolute atomic E-state index is 0.255. The first-order chi connectivity index (χ1) is 9.74. The maximum atomic E-state index is 5.68.